The summed E-state index contributed by atoms with van der Waals surface area (Å²) in [6, 6.07) is 8.13. The minimum atomic E-state index is -0.255. The maximum atomic E-state index is 6.44. The van der Waals surface area contributed by atoms with Crippen molar-refractivity contribution in [3.8, 4) is 5.75 Å². The fourth-order valence-corrected chi connectivity index (χ4v) is 2.18. The fraction of sp³-hybridized carbons (Fsp3) is 0.571. The Hall–Kier alpha value is -1.06. The summed E-state index contributed by atoms with van der Waals surface area (Å²) in [5.74, 6) is 0.897. The maximum absolute atomic E-state index is 6.44. The van der Waals surface area contributed by atoms with Crippen LogP contribution in [0, 0.1) is 0 Å². The van der Waals surface area contributed by atoms with Gasteiger partial charge in [-0.2, -0.15) is 0 Å². The number of benzene rings is 1. The number of hydrogen-bond acceptors (Lipinski definition) is 3. The molecule has 0 atom stereocenters. The van der Waals surface area contributed by atoms with Crippen LogP contribution in [0.1, 0.15) is 32.3 Å². The molecule has 0 amide bonds. The topological polar surface area (TPSA) is 44.5 Å². The van der Waals surface area contributed by atoms with Crippen LogP contribution in [0.5, 0.6) is 5.75 Å². The molecule has 1 heterocycles. The number of rotatable bonds is 3. The van der Waals surface area contributed by atoms with Gasteiger partial charge >= 0.3 is 0 Å². The SMILES string of the molecule is CC(C)Oc1cccc(C2(N)CCOCC2)c1. The van der Waals surface area contributed by atoms with Crippen molar-refractivity contribution in [1.29, 1.82) is 0 Å². The molecule has 1 fully saturated rings. The van der Waals surface area contributed by atoms with Gasteiger partial charge in [0.2, 0.25) is 0 Å². The summed E-state index contributed by atoms with van der Waals surface area (Å²) in [5.41, 5.74) is 7.34. The van der Waals surface area contributed by atoms with Crippen LogP contribution in [0.4, 0.5) is 0 Å². The van der Waals surface area contributed by atoms with Gasteiger partial charge in [0.05, 0.1) is 6.10 Å². The van der Waals surface area contributed by atoms with Crippen molar-refractivity contribution in [2.45, 2.75) is 38.3 Å². The molecule has 2 N–H and O–H groups in total. The molecule has 0 aromatic heterocycles. The van der Waals surface area contributed by atoms with E-state index in [0.717, 1.165) is 37.4 Å². The Morgan fingerprint density at radius 2 is 2.00 bits per heavy atom. The molecule has 1 saturated heterocycles. The Bertz CT molecular complexity index is 370. The monoisotopic (exact) mass is 235 g/mol. The highest BCUT2D eigenvalue weighted by Gasteiger charge is 2.30. The molecular weight excluding hydrogens is 214 g/mol. The Balaban J connectivity index is 2.19. The average molecular weight is 235 g/mol. The molecule has 1 aliphatic heterocycles. The first-order chi connectivity index (χ1) is 8.10. The molecule has 0 saturated carbocycles. The van der Waals surface area contributed by atoms with E-state index in [1.807, 2.05) is 26.0 Å². The van der Waals surface area contributed by atoms with E-state index >= 15 is 0 Å². The highest BCUT2D eigenvalue weighted by molar-refractivity contribution is 5.33. The van der Waals surface area contributed by atoms with E-state index < -0.39 is 0 Å². The summed E-state index contributed by atoms with van der Waals surface area (Å²) in [6.07, 6.45) is 1.93. The third-order valence-corrected chi connectivity index (χ3v) is 3.17. The molecule has 3 nitrogen and oxygen atoms in total. The maximum Gasteiger partial charge on any atom is 0.120 e. The van der Waals surface area contributed by atoms with Crippen molar-refractivity contribution in [3.05, 3.63) is 29.8 Å². The van der Waals surface area contributed by atoms with Gasteiger partial charge < -0.3 is 15.2 Å². The molecule has 0 bridgehead atoms. The summed E-state index contributed by atoms with van der Waals surface area (Å²) < 4.78 is 11.1. The molecule has 3 heteroatoms. The van der Waals surface area contributed by atoms with Crippen molar-refractivity contribution >= 4 is 0 Å². The van der Waals surface area contributed by atoms with Crippen molar-refractivity contribution in [1.82, 2.24) is 0 Å². The summed E-state index contributed by atoms with van der Waals surface area (Å²) in [4.78, 5) is 0. The highest BCUT2D eigenvalue weighted by atomic mass is 16.5. The van der Waals surface area contributed by atoms with Crippen LogP contribution in [0.3, 0.4) is 0 Å². The van der Waals surface area contributed by atoms with Gasteiger partial charge in [0.25, 0.3) is 0 Å². The van der Waals surface area contributed by atoms with E-state index in [1.54, 1.807) is 0 Å². The molecule has 2 rings (SSSR count). The molecule has 94 valence electrons. The largest absolute Gasteiger partial charge is 0.491 e. The van der Waals surface area contributed by atoms with Crippen LogP contribution in [-0.2, 0) is 10.3 Å². The van der Waals surface area contributed by atoms with Gasteiger partial charge in [-0.05, 0) is 44.4 Å². The zero-order chi connectivity index (χ0) is 12.3. The Labute approximate surface area is 103 Å². The molecule has 0 aliphatic carbocycles. The van der Waals surface area contributed by atoms with Gasteiger partial charge in [-0.3, -0.25) is 0 Å². The molecule has 1 aromatic carbocycles. The van der Waals surface area contributed by atoms with Gasteiger partial charge in [-0.15, -0.1) is 0 Å². The second kappa shape index (κ2) is 5.07. The molecule has 17 heavy (non-hydrogen) atoms. The first kappa shape index (κ1) is 12.4. The summed E-state index contributed by atoms with van der Waals surface area (Å²) >= 11 is 0. The second-order valence-electron chi connectivity index (χ2n) is 4.96. The van der Waals surface area contributed by atoms with Crippen molar-refractivity contribution in [3.63, 3.8) is 0 Å². The lowest BCUT2D eigenvalue weighted by atomic mass is 9.84. The molecule has 1 aliphatic rings. The third kappa shape index (κ3) is 2.99. The van der Waals surface area contributed by atoms with Crippen LogP contribution in [-0.4, -0.2) is 19.3 Å². The molecule has 0 radical (unpaired) electrons. The van der Waals surface area contributed by atoms with E-state index in [4.69, 9.17) is 15.2 Å². The predicted molar refractivity (Wildman–Crippen MR) is 68.1 cm³/mol. The minimum Gasteiger partial charge on any atom is -0.491 e. The lowest BCUT2D eigenvalue weighted by Crippen LogP contribution is -2.42. The van der Waals surface area contributed by atoms with Gasteiger partial charge in [0.15, 0.2) is 0 Å². The highest BCUT2D eigenvalue weighted by Crippen LogP contribution is 2.31. The first-order valence-corrected chi connectivity index (χ1v) is 6.24. The summed E-state index contributed by atoms with van der Waals surface area (Å²) in [5, 5.41) is 0. The number of ether oxygens (including phenoxy) is 2. The zero-order valence-corrected chi connectivity index (χ0v) is 10.6. The smallest absolute Gasteiger partial charge is 0.120 e. The second-order valence-corrected chi connectivity index (χ2v) is 4.96. The lowest BCUT2D eigenvalue weighted by molar-refractivity contribution is 0.0521. The van der Waals surface area contributed by atoms with E-state index in [9.17, 15) is 0 Å². The summed E-state index contributed by atoms with van der Waals surface area (Å²) in [6.45, 7) is 5.54. The lowest BCUT2D eigenvalue weighted by Gasteiger charge is -2.34. The standard InChI is InChI=1S/C14H21NO2/c1-11(2)17-13-5-3-4-12(10-13)14(15)6-8-16-9-7-14/h3-5,10-11H,6-9,15H2,1-2H3. The van der Waals surface area contributed by atoms with E-state index in [-0.39, 0.29) is 11.6 Å². The van der Waals surface area contributed by atoms with E-state index in [1.165, 1.54) is 0 Å². The van der Waals surface area contributed by atoms with Crippen LogP contribution >= 0.6 is 0 Å². The Kier molecular flexibility index (Phi) is 3.69. The zero-order valence-electron chi connectivity index (χ0n) is 10.6. The molecule has 1 aromatic rings. The van der Waals surface area contributed by atoms with Crippen molar-refractivity contribution in [2.24, 2.45) is 5.73 Å². The van der Waals surface area contributed by atoms with Gasteiger partial charge in [0.1, 0.15) is 5.75 Å². The van der Waals surface area contributed by atoms with E-state index in [2.05, 4.69) is 12.1 Å². The van der Waals surface area contributed by atoms with Crippen LogP contribution in [0.2, 0.25) is 0 Å². The Morgan fingerprint density at radius 1 is 1.29 bits per heavy atom. The number of nitrogens with two attached hydrogens (primary N) is 1. The van der Waals surface area contributed by atoms with Crippen LogP contribution in [0.15, 0.2) is 24.3 Å². The minimum absolute atomic E-state index is 0.189. The van der Waals surface area contributed by atoms with Gasteiger partial charge in [0, 0.05) is 18.8 Å². The van der Waals surface area contributed by atoms with Crippen LogP contribution < -0.4 is 10.5 Å². The van der Waals surface area contributed by atoms with Crippen molar-refractivity contribution < 1.29 is 9.47 Å². The Morgan fingerprint density at radius 3 is 2.65 bits per heavy atom. The average Bonchev–Trinajstić information content (AvgIpc) is 2.29. The molecular formula is C14H21NO2. The third-order valence-electron chi connectivity index (χ3n) is 3.17. The predicted octanol–water partition coefficient (Wildman–Crippen LogP) is 2.44. The van der Waals surface area contributed by atoms with E-state index in [0.29, 0.717) is 0 Å². The molecule has 0 spiro atoms. The van der Waals surface area contributed by atoms with Gasteiger partial charge in [-0.1, -0.05) is 12.1 Å². The quantitative estimate of drug-likeness (QED) is 0.875. The van der Waals surface area contributed by atoms with Crippen molar-refractivity contribution in [2.75, 3.05) is 13.2 Å². The number of hydrogen-bond donors (Lipinski definition) is 1. The van der Waals surface area contributed by atoms with Gasteiger partial charge in [-0.25, -0.2) is 0 Å². The van der Waals surface area contributed by atoms with Crippen LogP contribution in [0.25, 0.3) is 0 Å². The fourth-order valence-electron chi connectivity index (χ4n) is 2.18. The molecule has 0 unspecified atom stereocenters. The first-order valence-electron chi connectivity index (χ1n) is 6.24. The summed E-state index contributed by atoms with van der Waals surface area (Å²) in [7, 11) is 0. The normalized spacial score (nSPS) is 19.3.